The zero-order valence-electron chi connectivity index (χ0n) is 12.7. The van der Waals surface area contributed by atoms with Crippen LogP contribution in [0, 0.1) is 11.3 Å². The van der Waals surface area contributed by atoms with E-state index in [0.29, 0.717) is 11.3 Å². The van der Waals surface area contributed by atoms with Crippen molar-refractivity contribution >= 4 is 17.5 Å². The second-order valence-corrected chi connectivity index (χ2v) is 6.07. The molecule has 116 valence electrons. The fraction of sp³-hybridized carbons (Fsp3) is 0.0526. The molecule has 2 heterocycles. The summed E-state index contributed by atoms with van der Waals surface area (Å²) in [6.45, 7) is 0. The highest BCUT2D eigenvalue weighted by Crippen LogP contribution is 2.27. The molecule has 0 saturated carbocycles. The summed E-state index contributed by atoms with van der Waals surface area (Å²) in [6.07, 6.45) is 3.32. The zero-order chi connectivity index (χ0) is 16.8. The first-order chi connectivity index (χ1) is 11.8. The number of nitrogens with zero attached hydrogens (tertiary/aromatic N) is 3. The number of hydrogen-bond donors (Lipinski definition) is 0. The van der Waals surface area contributed by atoms with Gasteiger partial charge < -0.3 is 0 Å². The van der Waals surface area contributed by atoms with Crippen molar-refractivity contribution in [2.75, 3.05) is 0 Å². The second-order valence-electron chi connectivity index (χ2n) is 4.98. The molecule has 0 bridgehead atoms. The van der Waals surface area contributed by atoms with E-state index in [9.17, 15) is 10.1 Å². The van der Waals surface area contributed by atoms with Crippen LogP contribution in [0.1, 0.15) is 22.0 Å². The predicted molar refractivity (Wildman–Crippen MR) is 91.7 cm³/mol. The van der Waals surface area contributed by atoms with Gasteiger partial charge in [0, 0.05) is 22.9 Å². The molecular formula is C19H13N3OS. The Morgan fingerprint density at radius 3 is 2.25 bits per heavy atom. The van der Waals surface area contributed by atoms with Crippen LogP contribution in [-0.4, -0.2) is 15.8 Å². The second kappa shape index (κ2) is 7.53. The maximum Gasteiger partial charge on any atom is 0.186 e. The molecule has 1 aromatic carbocycles. The van der Waals surface area contributed by atoms with Gasteiger partial charge >= 0.3 is 0 Å². The molecule has 0 aliphatic carbocycles. The van der Waals surface area contributed by atoms with Crippen molar-refractivity contribution in [3.05, 3.63) is 84.3 Å². The minimum absolute atomic E-state index is 0.245. The van der Waals surface area contributed by atoms with Crippen molar-refractivity contribution < 1.29 is 4.79 Å². The van der Waals surface area contributed by atoms with Crippen LogP contribution in [0.15, 0.2) is 83.0 Å². The standard InChI is InChI=1S/C19H13N3OS/c20-13-16(17-5-1-3-11-21-17)19(23)14-7-9-15(10-8-14)24-18-6-2-4-12-22-18/h1-12,16H/t16-/m0/s1. The number of carbonyl (C=O) groups excluding carboxylic acids is 1. The molecule has 0 fully saturated rings. The molecule has 0 unspecified atom stereocenters. The lowest BCUT2D eigenvalue weighted by Crippen LogP contribution is -2.12. The number of benzene rings is 1. The largest absolute Gasteiger partial charge is 0.292 e. The third kappa shape index (κ3) is 3.67. The van der Waals surface area contributed by atoms with E-state index in [2.05, 4.69) is 9.97 Å². The van der Waals surface area contributed by atoms with Gasteiger partial charge in [-0.25, -0.2) is 4.98 Å². The molecule has 0 amide bonds. The SMILES string of the molecule is N#C[C@H](C(=O)c1ccc(Sc2ccccn2)cc1)c1ccccn1. The number of carbonyl (C=O) groups is 1. The molecule has 0 aliphatic rings. The summed E-state index contributed by atoms with van der Waals surface area (Å²) in [5, 5.41) is 10.2. The van der Waals surface area contributed by atoms with Gasteiger partial charge in [0.05, 0.1) is 11.8 Å². The van der Waals surface area contributed by atoms with Gasteiger partial charge in [0.15, 0.2) is 11.7 Å². The lowest BCUT2D eigenvalue weighted by atomic mass is 9.95. The van der Waals surface area contributed by atoms with Gasteiger partial charge in [0.25, 0.3) is 0 Å². The van der Waals surface area contributed by atoms with E-state index < -0.39 is 5.92 Å². The van der Waals surface area contributed by atoms with Crippen molar-refractivity contribution in [2.24, 2.45) is 0 Å². The predicted octanol–water partition coefficient (Wildman–Crippen LogP) is 4.12. The summed E-state index contributed by atoms with van der Waals surface area (Å²) in [4.78, 5) is 21.9. The summed E-state index contributed by atoms with van der Waals surface area (Å²) in [7, 11) is 0. The van der Waals surface area contributed by atoms with E-state index in [4.69, 9.17) is 0 Å². The van der Waals surface area contributed by atoms with Crippen LogP contribution in [0.5, 0.6) is 0 Å². The molecule has 5 heteroatoms. The number of nitriles is 1. The Kier molecular flexibility index (Phi) is 4.99. The fourth-order valence-corrected chi connectivity index (χ4v) is 2.96. The number of aromatic nitrogens is 2. The fourth-order valence-electron chi connectivity index (χ4n) is 2.19. The maximum atomic E-state index is 12.6. The lowest BCUT2D eigenvalue weighted by molar-refractivity contribution is 0.0977. The molecule has 0 aliphatic heterocycles. The zero-order valence-corrected chi connectivity index (χ0v) is 13.5. The quantitative estimate of drug-likeness (QED) is 0.658. The topological polar surface area (TPSA) is 66.6 Å². The van der Waals surface area contributed by atoms with Crippen molar-refractivity contribution in [2.45, 2.75) is 15.8 Å². The lowest BCUT2D eigenvalue weighted by Gasteiger charge is -2.08. The number of rotatable bonds is 5. The Balaban J connectivity index is 1.77. The maximum absolute atomic E-state index is 12.6. The van der Waals surface area contributed by atoms with Crippen molar-refractivity contribution in [3.8, 4) is 6.07 Å². The summed E-state index contributed by atoms with van der Waals surface area (Å²) in [5.74, 6) is -1.13. The minimum Gasteiger partial charge on any atom is -0.292 e. The molecule has 24 heavy (non-hydrogen) atoms. The van der Waals surface area contributed by atoms with Crippen LogP contribution in [0.4, 0.5) is 0 Å². The summed E-state index contributed by atoms with van der Waals surface area (Å²) >= 11 is 1.52. The summed E-state index contributed by atoms with van der Waals surface area (Å²) in [6, 6.07) is 20.2. The van der Waals surface area contributed by atoms with E-state index >= 15 is 0 Å². The van der Waals surface area contributed by atoms with Gasteiger partial charge in [0.1, 0.15) is 5.03 Å². The van der Waals surface area contributed by atoms with Crippen molar-refractivity contribution in [1.82, 2.24) is 9.97 Å². The Labute approximate surface area is 144 Å². The molecular weight excluding hydrogens is 318 g/mol. The van der Waals surface area contributed by atoms with E-state index in [1.54, 1.807) is 42.7 Å². The van der Waals surface area contributed by atoms with Crippen LogP contribution in [0.3, 0.4) is 0 Å². The number of pyridine rings is 2. The highest BCUT2D eigenvalue weighted by Gasteiger charge is 2.22. The highest BCUT2D eigenvalue weighted by atomic mass is 32.2. The van der Waals surface area contributed by atoms with Crippen LogP contribution >= 0.6 is 11.8 Å². The van der Waals surface area contributed by atoms with Gasteiger partial charge in [-0.1, -0.05) is 36.0 Å². The molecule has 2 aromatic heterocycles. The van der Waals surface area contributed by atoms with Crippen molar-refractivity contribution in [1.29, 1.82) is 5.26 Å². The Bertz CT molecular complexity index is 859. The van der Waals surface area contributed by atoms with Gasteiger partial charge in [-0.15, -0.1) is 0 Å². The normalized spacial score (nSPS) is 11.5. The number of Topliss-reactive ketones (excluding diaryl/α,β-unsaturated/α-hetero) is 1. The van der Waals surface area contributed by atoms with Gasteiger partial charge in [0.2, 0.25) is 0 Å². The first-order valence-electron chi connectivity index (χ1n) is 7.31. The van der Waals surface area contributed by atoms with Crippen LogP contribution < -0.4 is 0 Å². The third-order valence-corrected chi connectivity index (χ3v) is 4.33. The highest BCUT2D eigenvalue weighted by molar-refractivity contribution is 7.99. The molecule has 1 atom stereocenters. The molecule has 3 aromatic rings. The van der Waals surface area contributed by atoms with E-state index in [1.165, 1.54) is 11.8 Å². The Morgan fingerprint density at radius 1 is 0.958 bits per heavy atom. The van der Waals surface area contributed by atoms with E-state index in [-0.39, 0.29) is 5.78 Å². The monoisotopic (exact) mass is 331 g/mol. The van der Waals surface area contributed by atoms with Gasteiger partial charge in [-0.2, -0.15) is 5.26 Å². The first kappa shape index (κ1) is 15.9. The smallest absolute Gasteiger partial charge is 0.186 e. The van der Waals surface area contributed by atoms with E-state index in [0.717, 1.165) is 9.92 Å². The molecule has 0 radical (unpaired) electrons. The molecule has 0 spiro atoms. The Morgan fingerprint density at radius 2 is 1.67 bits per heavy atom. The third-order valence-electron chi connectivity index (χ3n) is 3.37. The summed E-state index contributed by atoms with van der Waals surface area (Å²) < 4.78 is 0. The van der Waals surface area contributed by atoms with Gasteiger partial charge in [-0.05, 0) is 36.4 Å². The first-order valence-corrected chi connectivity index (χ1v) is 8.13. The molecule has 0 N–H and O–H groups in total. The molecule has 3 rings (SSSR count). The number of ketones is 1. The Hall–Kier alpha value is -2.97. The minimum atomic E-state index is -0.888. The molecule has 0 saturated heterocycles. The van der Waals surface area contributed by atoms with Crippen LogP contribution in [-0.2, 0) is 0 Å². The van der Waals surface area contributed by atoms with Crippen LogP contribution in [0.2, 0.25) is 0 Å². The number of hydrogen-bond acceptors (Lipinski definition) is 5. The summed E-state index contributed by atoms with van der Waals surface area (Å²) in [5.41, 5.74) is 0.967. The average molecular weight is 331 g/mol. The van der Waals surface area contributed by atoms with Crippen molar-refractivity contribution in [3.63, 3.8) is 0 Å². The van der Waals surface area contributed by atoms with Gasteiger partial charge in [-0.3, -0.25) is 9.78 Å². The molecule has 4 nitrogen and oxygen atoms in total. The van der Waals surface area contributed by atoms with E-state index in [1.807, 2.05) is 36.4 Å². The van der Waals surface area contributed by atoms with Crippen LogP contribution in [0.25, 0.3) is 0 Å². The average Bonchev–Trinajstić information content (AvgIpc) is 2.65.